The maximum absolute atomic E-state index is 12.1. The van der Waals surface area contributed by atoms with E-state index in [1.807, 2.05) is 31.2 Å². The van der Waals surface area contributed by atoms with Crippen LogP contribution in [0.5, 0.6) is 0 Å². The van der Waals surface area contributed by atoms with Crippen LogP contribution in [0.3, 0.4) is 0 Å². The number of hydrogen-bond donors (Lipinski definition) is 2. The van der Waals surface area contributed by atoms with Crippen LogP contribution in [0.1, 0.15) is 15.9 Å². The Labute approximate surface area is 160 Å². The van der Waals surface area contributed by atoms with Crippen molar-refractivity contribution in [1.29, 1.82) is 0 Å². The number of nitrogens with zero attached hydrogens (tertiary/aromatic N) is 2. The summed E-state index contributed by atoms with van der Waals surface area (Å²) in [5, 5.41) is 13.6. The fraction of sp³-hybridized carbons (Fsp3) is 0.158. The lowest BCUT2D eigenvalue weighted by Gasteiger charge is -2.06. The van der Waals surface area contributed by atoms with Crippen LogP contribution in [-0.4, -0.2) is 34.8 Å². The molecule has 0 atom stereocenters. The third kappa shape index (κ3) is 4.73. The van der Waals surface area contributed by atoms with Gasteiger partial charge in [0.05, 0.1) is 5.75 Å². The van der Waals surface area contributed by atoms with Crippen LogP contribution in [0.15, 0.2) is 58.2 Å². The molecule has 0 aliphatic heterocycles. The van der Waals surface area contributed by atoms with Crippen molar-refractivity contribution in [3.05, 3.63) is 59.7 Å². The minimum absolute atomic E-state index is 0.111. The lowest BCUT2D eigenvalue weighted by molar-refractivity contribution is -0.113. The summed E-state index contributed by atoms with van der Waals surface area (Å²) in [6.07, 6.45) is 0. The second-order valence-electron chi connectivity index (χ2n) is 5.68. The summed E-state index contributed by atoms with van der Waals surface area (Å²) in [5.41, 5.74) is 2.93. The number of carbonyl (C=O) groups is 2. The Balaban J connectivity index is 1.59. The van der Waals surface area contributed by atoms with Gasteiger partial charge in [-0.25, -0.2) is 0 Å². The molecule has 3 rings (SSSR count). The van der Waals surface area contributed by atoms with E-state index in [9.17, 15) is 9.59 Å². The average molecular weight is 382 g/mol. The topological polar surface area (TPSA) is 97.1 Å². The lowest BCUT2D eigenvalue weighted by Crippen LogP contribution is -2.18. The molecular weight excluding hydrogens is 364 g/mol. The zero-order valence-electron chi connectivity index (χ0n) is 14.9. The van der Waals surface area contributed by atoms with Crippen molar-refractivity contribution in [2.75, 3.05) is 18.1 Å². The highest BCUT2D eigenvalue weighted by atomic mass is 32.2. The molecule has 3 aromatic rings. The molecule has 0 aliphatic rings. The van der Waals surface area contributed by atoms with E-state index < -0.39 is 0 Å². The molecule has 2 amide bonds. The van der Waals surface area contributed by atoms with Gasteiger partial charge in [0, 0.05) is 23.9 Å². The second-order valence-corrected chi connectivity index (χ2v) is 6.61. The first-order valence-corrected chi connectivity index (χ1v) is 9.19. The molecule has 7 nitrogen and oxygen atoms in total. The highest BCUT2D eigenvalue weighted by Gasteiger charge is 2.13. The largest absolute Gasteiger partial charge is 0.411 e. The summed E-state index contributed by atoms with van der Waals surface area (Å²) in [6.45, 7) is 1.96. The van der Waals surface area contributed by atoms with Crippen molar-refractivity contribution < 1.29 is 14.0 Å². The third-order valence-corrected chi connectivity index (χ3v) is 4.56. The predicted octanol–water partition coefficient (Wildman–Crippen LogP) is 3.14. The molecule has 0 unspecified atom stereocenters. The van der Waals surface area contributed by atoms with Gasteiger partial charge in [0.15, 0.2) is 0 Å². The van der Waals surface area contributed by atoms with E-state index >= 15 is 0 Å². The van der Waals surface area contributed by atoms with Crippen molar-refractivity contribution >= 4 is 29.3 Å². The summed E-state index contributed by atoms with van der Waals surface area (Å²) in [5.74, 6) is 0.0913. The van der Waals surface area contributed by atoms with Crippen molar-refractivity contribution in [2.45, 2.75) is 12.1 Å². The van der Waals surface area contributed by atoms with Gasteiger partial charge in [0.25, 0.3) is 11.1 Å². The molecule has 0 spiro atoms. The molecule has 0 bridgehead atoms. The van der Waals surface area contributed by atoms with Crippen molar-refractivity contribution in [3.8, 4) is 11.5 Å². The third-order valence-electron chi connectivity index (χ3n) is 3.74. The zero-order chi connectivity index (χ0) is 19.2. The maximum atomic E-state index is 12.1. The van der Waals surface area contributed by atoms with Gasteiger partial charge in [-0.1, -0.05) is 36.0 Å². The van der Waals surface area contributed by atoms with E-state index in [0.717, 1.165) is 22.9 Å². The molecular formula is C19H18N4O3S. The fourth-order valence-corrected chi connectivity index (χ4v) is 2.96. The Hall–Kier alpha value is -3.13. The van der Waals surface area contributed by atoms with E-state index in [2.05, 4.69) is 20.8 Å². The highest BCUT2D eigenvalue weighted by molar-refractivity contribution is 7.99. The summed E-state index contributed by atoms with van der Waals surface area (Å²) in [7, 11) is 1.56. The molecule has 0 saturated heterocycles. The van der Waals surface area contributed by atoms with Crippen LogP contribution in [0, 0.1) is 6.92 Å². The maximum Gasteiger partial charge on any atom is 0.277 e. The van der Waals surface area contributed by atoms with Gasteiger partial charge >= 0.3 is 0 Å². The number of carbonyl (C=O) groups excluding carboxylic acids is 2. The molecule has 0 saturated carbocycles. The summed E-state index contributed by atoms with van der Waals surface area (Å²) in [4.78, 5) is 23.8. The molecule has 8 heteroatoms. The minimum atomic E-state index is -0.232. The van der Waals surface area contributed by atoms with Crippen LogP contribution in [0.25, 0.3) is 11.5 Å². The number of nitrogens with one attached hydrogen (secondary N) is 2. The number of amides is 2. The Morgan fingerprint density at radius 3 is 2.70 bits per heavy atom. The first kappa shape index (κ1) is 18.7. The van der Waals surface area contributed by atoms with E-state index in [-0.39, 0.29) is 17.6 Å². The average Bonchev–Trinajstić information content (AvgIpc) is 3.15. The molecule has 27 heavy (non-hydrogen) atoms. The summed E-state index contributed by atoms with van der Waals surface area (Å²) < 4.78 is 5.62. The van der Waals surface area contributed by atoms with Gasteiger partial charge in [0.2, 0.25) is 11.8 Å². The van der Waals surface area contributed by atoms with Crippen molar-refractivity contribution in [2.24, 2.45) is 0 Å². The van der Waals surface area contributed by atoms with Crippen LogP contribution < -0.4 is 10.6 Å². The smallest absolute Gasteiger partial charge is 0.277 e. The summed E-state index contributed by atoms with van der Waals surface area (Å²) >= 11 is 1.15. The SMILES string of the molecule is CNC(=O)c1cccc(NC(=O)CSc2nnc(-c3ccccc3C)o2)c1. The Morgan fingerprint density at radius 2 is 1.93 bits per heavy atom. The molecule has 1 heterocycles. The monoisotopic (exact) mass is 382 g/mol. The normalized spacial score (nSPS) is 10.4. The van der Waals surface area contributed by atoms with Gasteiger partial charge < -0.3 is 15.1 Å². The zero-order valence-corrected chi connectivity index (χ0v) is 15.7. The first-order valence-electron chi connectivity index (χ1n) is 8.21. The number of rotatable bonds is 6. The van der Waals surface area contributed by atoms with Crippen LogP contribution in [-0.2, 0) is 4.79 Å². The minimum Gasteiger partial charge on any atom is -0.411 e. The first-order chi connectivity index (χ1) is 13.1. The van der Waals surface area contributed by atoms with Gasteiger partial charge in [-0.15, -0.1) is 10.2 Å². The van der Waals surface area contributed by atoms with E-state index in [1.165, 1.54) is 0 Å². The Morgan fingerprint density at radius 1 is 1.11 bits per heavy atom. The van der Waals surface area contributed by atoms with Gasteiger partial charge in [-0.3, -0.25) is 9.59 Å². The van der Waals surface area contributed by atoms with E-state index in [0.29, 0.717) is 22.4 Å². The molecule has 2 aromatic carbocycles. The van der Waals surface area contributed by atoms with Gasteiger partial charge in [0.1, 0.15) is 0 Å². The van der Waals surface area contributed by atoms with Crippen LogP contribution in [0.4, 0.5) is 5.69 Å². The van der Waals surface area contributed by atoms with Crippen LogP contribution in [0.2, 0.25) is 0 Å². The van der Waals surface area contributed by atoms with Crippen LogP contribution >= 0.6 is 11.8 Å². The van der Waals surface area contributed by atoms with Crippen molar-refractivity contribution in [3.63, 3.8) is 0 Å². The second kappa shape index (κ2) is 8.50. The molecule has 0 radical (unpaired) electrons. The Bertz CT molecular complexity index is 971. The highest BCUT2D eigenvalue weighted by Crippen LogP contribution is 2.25. The fourth-order valence-electron chi connectivity index (χ4n) is 2.40. The number of aromatic nitrogens is 2. The number of benzene rings is 2. The van der Waals surface area contributed by atoms with Crippen molar-refractivity contribution in [1.82, 2.24) is 15.5 Å². The quantitative estimate of drug-likeness (QED) is 0.636. The molecule has 138 valence electrons. The van der Waals surface area contributed by atoms with E-state index in [4.69, 9.17) is 4.42 Å². The van der Waals surface area contributed by atoms with Gasteiger partial charge in [-0.05, 0) is 36.8 Å². The number of aryl methyl sites for hydroxylation is 1. The van der Waals surface area contributed by atoms with Gasteiger partial charge in [-0.2, -0.15) is 0 Å². The summed E-state index contributed by atoms with van der Waals surface area (Å²) in [6, 6.07) is 14.4. The predicted molar refractivity (Wildman–Crippen MR) is 104 cm³/mol. The molecule has 1 aromatic heterocycles. The Kier molecular flexibility index (Phi) is 5.87. The number of anilines is 1. The standard InChI is InChI=1S/C19H18N4O3S/c1-12-6-3-4-9-15(12)18-22-23-19(26-18)27-11-16(24)21-14-8-5-7-13(10-14)17(25)20-2/h3-10H,11H2,1-2H3,(H,20,25)(H,21,24). The number of thioether (sulfide) groups is 1. The van der Waals surface area contributed by atoms with E-state index in [1.54, 1.807) is 31.3 Å². The lowest BCUT2D eigenvalue weighted by atomic mass is 10.1. The number of hydrogen-bond acceptors (Lipinski definition) is 6. The molecule has 2 N–H and O–H groups in total. The molecule has 0 fully saturated rings. The molecule has 0 aliphatic carbocycles.